The van der Waals surface area contributed by atoms with E-state index in [1.165, 1.54) is 7.11 Å². The van der Waals surface area contributed by atoms with Crippen LogP contribution in [0.3, 0.4) is 0 Å². The highest BCUT2D eigenvalue weighted by atomic mass is 16.5. The van der Waals surface area contributed by atoms with Gasteiger partial charge in [0.15, 0.2) is 5.76 Å². The fourth-order valence-corrected chi connectivity index (χ4v) is 2.62. The molecule has 1 atom stereocenters. The number of hydrogen-bond donors (Lipinski definition) is 1. The zero-order valence-corrected chi connectivity index (χ0v) is 16.8. The molecule has 7 heteroatoms. The Morgan fingerprint density at radius 3 is 2.14 bits per heavy atom. The quantitative estimate of drug-likeness (QED) is 0.580. The van der Waals surface area contributed by atoms with Crippen LogP contribution in [0.1, 0.15) is 32.6 Å². The first-order valence-electron chi connectivity index (χ1n) is 9.30. The number of nitrogens with one attached hydrogen (secondary N) is 1. The third-order valence-corrected chi connectivity index (χ3v) is 4.06. The van der Waals surface area contributed by atoms with E-state index in [0.717, 1.165) is 17.1 Å². The molecule has 1 N–H and O–H groups in total. The standard InChI is InChI=1S/C22H24N2O5/c1-14(2)27-17-9-11-19(12-10-17)28-18-7-5-16(6-8-18)20-13-21(29-24-20)15(3)23-22(25)26-4/h5-15H,1-4H3,(H,23,25). The van der Waals surface area contributed by atoms with Crippen LogP contribution in [0.4, 0.5) is 4.79 Å². The van der Waals surface area contributed by atoms with E-state index in [-0.39, 0.29) is 12.1 Å². The molecule has 0 fully saturated rings. The molecule has 7 nitrogen and oxygen atoms in total. The second kappa shape index (κ2) is 9.14. The van der Waals surface area contributed by atoms with Crippen molar-refractivity contribution in [2.45, 2.75) is 32.9 Å². The zero-order chi connectivity index (χ0) is 20.8. The number of aromatic nitrogens is 1. The van der Waals surface area contributed by atoms with Crippen LogP contribution in [0.5, 0.6) is 17.2 Å². The summed E-state index contributed by atoms with van der Waals surface area (Å²) in [7, 11) is 1.31. The number of amides is 1. The molecule has 0 spiro atoms. The number of rotatable bonds is 7. The SMILES string of the molecule is COC(=O)NC(C)c1cc(-c2ccc(Oc3ccc(OC(C)C)cc3)cc2)no1. The van der Waals surface area contributed by atoms with E-state index in [1.807, 2.05) is 62.4 Å². The van der Waals surface area contributed by atoms with Gasteiger partial charge in [-0.05, 0) is 69.3 Å². The molecular weight excluding hydrogens is 372 g/mol. The van der Waals surface area contributed by atoms with Crippen molar-refractivity contribution in [3.05, 3.63) is 60.4 Å². The van der Waals surface area contributed by atoms with Gasteiger partial charge in [-0.3, -0.25) is 0 Å². The molecule has 3 rings (SSSR count). The summed E-state index contributed by atoms with van der Waals surface area (Å²) in [6.45, 7) is 5.76. The number of methoxy groups -OCH3 is 1. The second-order valence-corrected chi connectivity index (χ2v) is 6.74. The van der Waals surface area contributed by atoms with E-state index in [4.69, 9.17) is 14.0 Å². The van der Waals surface area contributed by atoms with E-state index in [1.54, 1.807) is 13.0 Å². The molecular formula is C22H24N2O5. The highest BCUT2D eigenvalue weighted by Crippen LogP contribution is 2.28. The number of ether oxygens (including phenoxy) is 3. The summed E-state index contributed by atoms with van der Waals surface area (Å²) in [6, 6.07) is 16.4. The highest BCUT2D eigenvalue weighted by molar-refractivity contribution is 5.67. The normalized spacial score (nSPS) is 11.8. The van der Waals surface area contributed by atoms with Crippen LogP contribution in [0.25, 0.3) is 11.3 Å². The van der Waals surface area contributed by atoms with Gasteiger partial charge in [0.2, 0.25) is 0 Å². The zero-order valence-electron chi connectivity index (χ0n) is 16.8. The lowest BCUT2D eigenvalue weighted by atomic mass is 10.1. The first-order valence-corrected chi connectivity index (χ1v) is 9.30. The van der Waals surface area contributed by atoms with E-state index in [2.05, 4.69) is 15.2 Å². The van der Waals surface area contributed by atoms with Crippen molar-refractivity contribution in [3.8, 4) is 28.5 Å². The molecule has 2 aromatic carbocycles. The van der Waals surface area contributed by atoms with Gasteiger partial charge in [-0.15, -0.1) is 0 Å². The molecule has 0 aliphatic rings. The van der Waals surface area contributed by atoms with Crippen LogP contribution < -0.4 is 14.8 Å². The Morgan fingerprint density at radius 1 is 0.966 bits per heavy atom. The minimum absolute atomic E-state index is 0.130. The predicted molar refractivity (Wildman–Crippen MR) is 108 cm³/mol. The molecule has 0 bridgehead atoms. The summed E-state index contributed by atoms with van der Waals surface area (Å²) in [6.07, 6.45) is -0.397. The Labute approximate surface area is 169 Å². The van der Waals surface area contributed by atoms with Crippen molar-refractivity contribution in [2.24, 2.45) is 0 Å². The third kappa shape index (κ3) is 5.51. The number of carbonyl (C=O) groups is 1. The minimum atomic E-state index is -0.527. The smallest absolute Gasteiger partial charge is 0.407 e. The molecule has 3 aromatic rings. The number of carbonyl (C=O) groups excluding carboxylic acids is 1. The van der Waals surface area contributed by atoms with Crippen LogP contribution in [0, 0.1) is 0 Å². The fourth-order valence-electron chi connectivity index (χ4n) is 2.62. The van der Waals surface area contributed by atoms with Crippen molar-refractivity contribution in [2.75, 3.05) is 7.11 Å². The minimum Gasteiger partial charge on any atom is -0.491 e. The summed E-state index contributed by atoms with van der Waals surface area (Å²) >= 11 is 0. The summed E-state index contributed by atoms with van der Waals surface area (Å²) in [5, 5.41) is 6.70. The summed E-state index contributed by atoms with van der Waals surface area (Å²) in [5.74, 6) is 2.77. The van der Waals surface area contributed by atoms with Crippen LogP contribution in [0.2, 0.25) is 0 Å². The van der Waals surface area contributed by atoms with E-state index < -0.39 is 6.09 Å². The molecule has 0 radical (unpaired) electrons. The molecule has 1 heterocycles. The Balaban J connectivity index is 1.64. The van der Waals surface area contributed by atoms with E-state index in [0.29, 0.717) is 17.2 Å². The Morgan fingerprint density at radius 2 is 1.55 bits per heavy atom. The molecule has 0 saturated heterocycles. The van der Waals surface area contributed by atoms with Gasteiger partial charge in [-0.25, -0.2) is 4.79 Å². The lowest BCUT2D eigenvalue weighted by molar-refractivity contribution is 0.165. The Kier molecular flexibility index (Phi) is 6.39. The maximum atomic E-state index is 11.3. The molecule has 1 aromatic heterocycles. The Bertz CT molecular complexity index is 933. The van der Waals surface area contributed by atoms with Crippen LogP contribution in [0.15, 0.2) is 59.1 Å². The molecule has 29 heavy (non-hydrogen) atoms. The van der Waals surface area contributed by atoms with Crippen LogP contribution in [-0.2, 0) is 4.74 Å². The second-order valence-electron chi connectivity index (χ2n) is 6.74. The summed E-state index contributed by atoms with van der Waals surface area (Å²) in [5.41, 5.74) is 1.54. The largest absolute Gasteiger partial charge is 0.491 e. The van der Waals surface area contributed by atoms with Crippen molar-refractivity contribution in [3.63, 3.8) is 0 Å². The molecule has 1 amide bonds. The van der Waals surface area contributed by atoms with E-state index >= 15 is 0 Å². The van der Waals surface area contributed by atoms with Crippen molar-refractivity contribution in [1.82, 2.24) is 10.5 Å². The lowest BCUT2D eigenvalue weighted by Crippen LogP contribution is -2.25. The van der Waals surface area contributed by atoms with Gasteiger partial charge in [-0.1, -0.05) is 5.16 Å². The average Bonchev–Trinajstić information content (AvgIpc) is 3.20. The van der Waals surface area contributed by atoms with Gasteiger partial charge in [0.05, 0.1) is 19.3 Å². The van der Waals surface area contributed by atoms with Gasteiger partial charge in [0.25, 0.3) is 0 Å². The number of nitrogens with zero attached hydrogens (tertiary/aromatic N) is 1. The average molecular weight is 396 g/mol. The summed E-state index contributed by atoms with van der Waals surface area (Å²) in [4.78, 5) is 11.3. The lowest BCUT2D eigenvalue weighted by Gasteiger charge is -2.10. The molecule has 0 aliphatic carbocycles. The van der Waals surface area contributed by atoms with Gasteiger partial charge >= 0.3 is 6.09 Å². The van der Waals surface area contributed by atoms with Crippen LogP contribution in [-0.4, -0.2) is 24.5 Å². The third-order valence-electron chi connectivity index (χ3n) is 4.06. The first-order chi connectivity index (χ1) is 13.9. The van der Waals surface area contributed by atoms with Crippen LogP contribution >= 0.6 is 0 Å². The van der Waals surface area contributed by atoms with Crippen molar-refractivity contribution >= 4 is 6.09 Å². The maximum absolute atomic E-state index is 11.3. The van der Waals surface area contributed by atoms with Gasteiger partial charge in [-0.2, -0.15) is 0 Å². The van der Waals surface area contributed by atoms with Gasteiger partial charge in [0.1, 0.15) is 22.9 Å². The van der Waals surface area contributed by atoms with E-state index in [9.17, 15) is 4.79 Å². The molecule has 0 aliphatic heterocycles. The molecule has 1 unspecified atom stereocenters. The molecule has 152 valence electrons. The topological polar surface area (TPSA) is 82.8 Å². The fraction of sp³-hybridized carbons (Fsp3) is 0.273. The van der Waals surface area contributed by atoms with Crippen molar-refractivity contribution in [1.29, 1.82) is 0 Å². The number of alkyl carbamates (subject to hydrolysis) is 1. The number of hydrogen-bond acceptors (Lipinski definition) is 6. The molecule has 0 saturated carbocycles. The monoisotopic (exact) mass is 396 g/mol. The highest BCUT2D eigenvalue weighted by Gasteiger charge is 2.15. The maximum Gasteiger partial charge on any atom is 0.407 e. The van der Waals surface area contributed by atoms with Crippen molar-refractivity contribution < 1.29 is 23.5 Å². The first kappa shape index (κ1) is 20.3. The number of benzene rings is 2. The van der Waals surface area contributed by atoms with Gasteiger partial charge < -0.3 is 24.1 Å². The van der Waals surface area contributed by atoms with Gasteiger partial charge in [0, 0.05) is 11.6 Å². The predicted octanol–water partition coefficient (Wildman–Crippen LogP) is 5.34. The summed E-state index contributed by atoms with van der Waals surface area (Å²) < 4.78 is 21.4. The Hall–Kier alpha value is -3.48.